The van der Waals surface area contributed by atoms with Gasteiger partial charge in [-0.05, 0) is 12.1 Å². The van der Waals surface area contributed by atoms with Crippen LogP contribution in [0.2, 0.25) is 5.15 Å². The van der Waals surface area contributed by atoms with Gasteiger partial charge in [0.05, 0.1) is 18.2 Å². The molecule has 2 heterocycles. The van der Waals surface area contributed by atoms with Crippen molar-refractivity contribution in [2.45, 2.75) is 0 Å². The summed E-state index contributed by atoms with van der Waals surface area (Å²) in [7, 11) is 1.30. The average molecular weight is 280 g/mol. The van der Waals surface area contributed by atoms with Gasteiger partial charge in [-0.15, -0.1) is 0 Å². The molecular weight excluding hydrogens is 270 g/mol. The average Bonchev–Trinajstić information content (AvgIpc) is 2.43. The number of ether oxygens (including phenoxy) is 3. The quantitative estimate of drug-likeness (QED) is 0.593. The number of pyridine rings is 1. The first-order chi connectivity index (χ1) is 9.19. The van der Waals surface area contributed by atoms with Crippen molar-refractivity contribution in [1.82, 2.24) is 4.98 Å². The molecular formula is C13H10ClNO4. The molecule has 3 rings (SSSR count). The van der Waals surface area contributed by atoms with Gasteiger partial charge in [0.25, 0.3) is 0 Å². The summed E-state index contributed by atoms with van der Waals surface area (Å²) in [5.41, 5.74) is 0.871. The van der Waals surface area contributed by atoms with Crippen LogP contribution in [0.4, 0.5) is 0 Å². The number of esters is 1. The van der Waals surface area contributed by atoms with Crippen molar-refractivity contribution >= 4 is 28.5 Å². The Bertz CT molecular complexity index is 671. The van der Waals surface area contributed by atoms with Gasteiger partial charge in [0.2, 0.25) is 0 Å². The van der Waals surface area contributed by atoms with Gasteiger partial charge in [0.1, 0.15) is 18.4 Å². The summed E-state index contributed by atoms with van der Waals surface area (Å²) in [6.07, 6.45) is 0. The largest absolute Gasteiger partial charge is 0.486 e. The molecule has 0 aliphatic carbocycles. The van der Waals surface area contributed by atoms with Crippen LogP contribution in [-0.4, -0.2) is 31.3 Å². The molecule has 0 N–H and O–H groups in total. The molecule has 1 aromatic carbocycles. The number of carbonyl (C=O) groups excluding carboxylic acids is 1. The summed E-state index contributed by atoms with van der Waals surface area (Å²) in [6, 6.07) is 5.16. The van der Waals surface area contributed by atoms with E-state index in [1.165, 1.54) is 7.11 Å². The van der Waals surface area contributed by atoms with E-state index in [0.717, 1.165) is 5.39 Å². The van der Waals surface area contributed by atoms with Crippen LogP contribution in [0.1, 0.15) is 10.4 Å². The van der Waals surface area contributed by atoms with Crippen molar-refractivity contribution in [1.29, 1.82) is 0 Å². The molecule has 1 aromatic heterocycles. The van der Waals surface area contributed by atoms with Crippen LogP contribution in [0.15, 0.2) is 18.2 Å². The maximum Gasteiger partial charge on any atom is 0.341 e. The maximum absolute atomic E-state index is 11.6. The van der Waals surface area contributed by atoms with Crippen LogP contribution in [0.5, 0.6) is 11.5 Å². The highest BCUT2D eigenvalue weighted by Gasteiger charge is 2.17. The summed E-state index contributed by atoms with van der Waals surface area (Å²) in [4.78, 5) is 15.7. The van der Waals surface area contributed by atoms with Gasteiger partial charge in [-0.2, -0.15) is 0 Å². The van der Waals surface area contributed by atoms with Gasteiger partial charge < -0.3 is 14.2 Å². The molecule has 0 unspecified atom stereocenters. The van der Waals surface area contributed by atoms with Crippen LogP contribution >= 0.6 is 11.6 Å². The molecule has 0 amide bonds. The summed E-state index contributed by atoms with van der Waals surface area (Å²) >= 11 is 5.98. The molecule has 2 aromatic rings. The summed E-state index contributed by atoms with van der Waals surface area (Å²) in [5.74, 6) is 0.751. The van der Waals surface area contributed by atoms with Gasteiger partial charge in [0, 0.05) is 11.5 Å². The van der Waals surface area contributed by atoms with E-state index in [-0.39, 0.29) is 10.7 Å². The van der Waals surface area contributed by atoms with Crippen molar-refractivity contribution in [3.8, 4) is 11.5 Å². The van der Waals surface area contributed by atoms with Crippen molar-refractivity contribution < 1.29 is 19.0 Å². The molecule has 19 heavy (non-hydrogen) atoms. The highest BCUT2D eigenvalue weighted by Crippen LogP contribution is 2.35. The van der Waals surface area contributed by atoms with Crippen LogP contribution in [0.25, 0.3) is 10.9 Å². The van der Waals surface area contributed by atoms with Crippen LogP contribution in [0, 0.1) is 0 Å². The van der Waals surface area contributed by atoms with Crippen LogP contribution in [-0.2, 0) is 4.74 Å². The molecule has 6 heteroatoms. The summed E-state index contributed by atoms with van der Waals surface area (Å²) in [5, 5.41) is 0.852. The third kappa shape index (κ3) is 2.06. The number of methoxy groups -OCH3 is 1. The van der Waals surface area contributed by atoms with E-state index in [1.807, 2.05) is 0 Å². The van der Waals surface area contributed by atoms with Gasteiger partial charge in [-0.3, -0.25) is 0 Å². The molecule has 0 saturated heterocycles. The maximum atomic E-state index is 11.6. The monoisotopic (exact) mass is 279 g/mol. The second-order valence-corrected chi connectivity index (χ2v) is 4.36. The van der Waals surface area contributed by atoms with E-state index in [4.69, 9.17) is 21.1 Å². The number of nitrogens with zero attached hydrogens (tertiary/aromatic N) is 1. The molecule has 5 nitrogen and oxygen atoms in total. The number of aromatic nitrogens is 1. The van der Waals surface area contributed by atoms with Crippen LogP contribution in [0.3, 0.4) is 0 Å². The standard InChI is InChI=1S/C13H10ClNO4/c1-17-13(16)8-4-7-5-10-11(19-3-2-18-10)6-9(7)15-12(8)14/h4-6H,2-3H2,1H3. The van der Waals surface area contributed by atoms with E-state index in [0.29, 0.717) is 30.2 Å². The Morgan fingerprint density at radius 3 is 2.63 bits per heavy atom. The molecule has 0 spiro atoms. The Hall–Kier alpha value is -2.01. The summed E-state index contributed by atoms with van der Waals surface area (Å²) in [6.45, 7) is 1.01. The zero-order valence-electron chi connectivity index (χ0n) is 10.1. The van der Waals surface area contributed by atoms with Gasteiger partial charge >= 0.3 is 5.97 Å². The Kier molecular flexibility index (Phi) is 2.91. The Balaban J connectivity index is 2.19. The predicted octanol–water partition coefficient (Wildman–Crippen LogP) is 2.45. The summed E-state index contributed by atoms with van der Waals surface area (Å²) < 4.78 is 15.6. The Labute approximate surface area is 114 Å². The fraction of sp³-hybridized carbons (Fsp3) is 0.231. The van der Waals surface area contributed by atoms with E-state index < -0.39 is 5.97 Å². The molecule has 1 aliphatic heterocycles. The molecule has 98 valence electrons. The Morgan fingerprint density at radius 1 is 1.26 bits per heavy atom. The fourth-order valence-electron chi connectivity index (χ4n) is 1.94. The minimum absolute atomic E-state index is 0.107. The van der Waals surface area contributed by atoms with E-state index in [2.05, 4.69) is 9.72 Å². The third-order valence-corrected chi connectivity index (χ3v) is 3.13. The predicted molar refractivity (Wildman–Crippen MR) is 69.1 cm³/mol. The second-order valence-electron chi connectivity index (χ2n) is 4.01. The highest BCUT2D eigenvalue weighted by molar-refractivity contribution is 6.33. The number of carbonyl (C=O) groups is 1. The number of halogens is 1. The lowest BCUT2D eigenvalue weighted by atomic mass is 10.1. The molecule has 0 atom stereocenters. The molecule has 0 saturated carbocycles. The number of rotatable bonds is 1. The highest BCUT2D eigenvalue weighted by atomic mass is 35.5. The first-order valence-electron chi connectivity index (χ1n) is 5.67. The normalized spacial score (nSPS) is 13.4. The van der Waals surface area contributed by atoms with Crippen molar-refractivity contribution in [2.24, 2.45) is 0 Å². The van der Waals surface area contributed by atoms with Gasteiger partial charge in [0.15, 0.2) is 11.5 Å². The molecule has 1 aliphatic rings. The Morgan fingerprint density at radius 2 is 1.95 bits per heavy atom. The number of benzene rings is 1. The number of hydrogen-bond acceptors (Lipinski definition) is 5. The second kappa shape index (κ2) is 4.59. The lowest BCUT2D eigenvalue weighted by Crippen LogP contribution is -2.15. The minimum atomic E-state index is -0.519. The van der Waals surface area contributed by atoms with Crippen molar-refractivity contribution in [3.05, 3.63) is 28.9 Å². The molecule has 0 bridgehead atoms. The first-order valence-corrected chi connectivity index (χ1v) is 6.05. The molecule has 0 fully saturated rings. The van der Waals surface area contributed by atoms with Gasteiger partial charge in [-0.1, -0.05) is 11.6 Å². The van der Waals surface area contributed by atoms with Crippen molar-refractivity contribution in [3.63, 3.8) is 0 Å². The topological polar surface area (TPSA) is 57.7 Å². The minimum Gasteiger partial charge on any atom is -0.486 e. The first kappa shape index (κ1) is 12.0. The fourth-order valence-corrected chi connectivity index (χ4v) is 2.16. The third-order valence-electron chi connectivity index (χ3n) is 2.84. The molecule has 0 radical (unpaired) electrons. The SMILES string of the molecule is COC(=O)c1cc2cc3c(cc2nc1Cl)OCCO3. The van der Waals surface area contributed by atoms with Crippen molar-refractivity contribution in [2.75, 3.05) is 20.3 Å². The smallest absolute Gasteiger partial charge is 0.341 e. The zero-order valence-corrected chi connectivity index (χ0v) is 10.9. The number of hydrogen-bond donors (Lipinski definition) is 0. The lowest BCUT2D eigenvalue weighted by molar-refractivity contribution is 0.0600. The van der Waals surface area contributed by atoms with E-state index >= 15 is 0 Å². The van der Waals surface area contributed by atoms with Crippen LogP contribution < -0.4 is 9.47 Å². The lowest BCUT2D eigenvalue weighted by Gasteiger charge is -2.18. The van der Waals surface area contributed by atoms with E-state index in [1.54, 1.807) is 18.2 Å². The number of fused-ring (bicyclic) bond motifs is 2. The van der Waals surface area contributed by atoms with Gasteiger partial charge in [-0.25, -0.2) is 9.78 Å². The van der Waals surface area contributed by atoms with E-state index in [9.17, 15) is 4.79 Å². The zero-order chi connectivity index (χ0) is 13.4.